The SMILES string of the molecule is CCOC(=O)N1CCC(NC(=O)C(=O)Nc2ccccc2Cl)CC1. The largest absolute Gasteiger partial charge is 0.450 e. The highest BCUT2D eigenvalue weighted by Gasteiger charge is 2.26. The van der Waals surface area contributed by atoms with Gasteiger partial charge in [-0.05, 0) is 31.9 Å². The molecule has 0 bridgehead atoms. The maximum Gasteiger partial charge on any atom is 0.409 e. The number of benzene rings is 1. The standard InChI is InChI=1S/C16H20ClN3O4/c1-2-24-16(23)20-9-7-11(8-10-20)18-14(21)15(22)19-13-6-4-3-5-12(13)17/h3-6,11H,2,7-10H2,1H3,(H,18,21)(H,19,22). The average molecular weight is 354 g/mol. The minimum absolute atomic E-state index is 0.153. The Bertz CT molecular complexity index is 615. The van der Waals surface area contributed by atoms with Crippen molar-refractivity contribution in [2.45, 2.75) is 25.8 Å². The van der Waals surface area contributed by atoms with Gasteiger partial charge in [0, 0.05) is 19.1 Å². The van der Waals surface area contributed by atoms with E-state index in [1.54, 1.807) is 36.1 Å². The molecule has 2 rings (SSSR count). The second-order valence-electron chi connectivity index (χ2n) is 5.37. The van der Waals surface area contributed by atoms with Crippen LogP contribution in [0.4, 0.5) is 10.5 Å². The molecule has 0 unspecified atom stereocenters. The molecule has 0 atom stereocenters. The van der Waals surface area contributed by atoms with Crippen molar-refractivity contribution in [2.75, 3.05) is 25.0 Å². The summed E-state index contributed by atoms with van der Waals surface area (Å²) in [6.45, 7) is 3.05. The Hall–Kier alpha value is -2.28. The van der Waals surface area contributed by atoms with E-state index in [2.05, 4.69) is 10.6 Å². The molecule has 7 nitrogen and oxygen atoms in total. The Balaban J connectivity index is 1.80. The highest BCUT2D eigenvalue weighted by Crippen LogP contribution is 2.20. The van der Waals surface area contributed by atoms with Gasteiger partial charge in [0.15, 0.2) is 0 Å². The molecule has 1 aromatic rings. The number of piperidine rings is 1. The molecule has 1 aromatic carbocycles. The van der Waals surface area contributed by atoms with Gasteiger partial charge in [0.2, 0.25) is 0 Å². The lowest BCUT2D eigenvalue weighted by Crippen LogP contribution is -2.49. The molecule has 1 heterocycles. The Kier molecular flexibility index (Phi) is 6.43. The molecule has 1 aliphatic rings. The van der Waals surface area contributed by atoms with Gasteiger partial charge in [0.1, 0.15) is 0 Å². The summed E-state index contributed by atoms with van der Waals surface area (Å²) in [5.74, 6) is -1.49. The van der Waals surface area contributed by atoms with Gasteiger partial charge in [0.05, 0.1) is 17.3 Å². The summed E-state index contributed by atoms with van der Waals surface area (Å²) in [6.07, 6.45) is 0.798. The molecule has 1 aliphatic heterocycles. The molecular weight excluding hydrogens is 334 g/mol. The molecule has 130 valence electrons. The molecule has 0 aromatic heterocycles. The molecule has 0 saturated carbocycles. The summed E-state index contributed by atoms with van der Waals surface area (Å²) >= 11 is 5.94. The fourth-order valence-electron chi connectivity index (χ4n) is 2.41. The number of anilines is 1. The zero-order valence-corrected chi connectivity index (χ0v) is 14.1. The fraction of sp³-hybridized carbons (Fsp3) is 0.438. The molecule has 0 spiro atoms. The van der Waals surface area contributed by atoms with Crippen molar-refractivity contribution in [1.82, 2.24) is 10.2 Å². The molecular formula is C16H20ClN3O4. The number of carbonyl (C=O) groups is 3. The van der Waals surface area contributed by atoms with E-state index in [9.17, 15) is 14.4 Å². The van der Waals surface area contributed by atoms with Crippen molar-refractivity contribution >= 4 is 35.2 Å². The van der Waals surface area contributed by atoms with E-state index in [0.717, 1.165) is 0 Å². The van der Waals surface area contributed by atoms with Crippen LogP contribution < -0.4 is 10.6 Å². The molecule has 0 radical (unpaired) electrons. The van der Waals surface area contributed by atoms with Crippen molar-refractivity contribution in [3.05, 3.63) is 29.3 Å². The number of hydrogen-bond donors (Lipinski definition) is 2. The highest BCUT2D eigenvalue weighted by molar-refractivity contribution is 6.41. The number of likely N-dealkylation sites (tertiary alicyclic amines) is 1. The van der Waals surface area contributed by atoms with E-state index < -0.39 is 11.8 Å². The van der Waals surface area contributed by atoms with Crippen LogP contribution in [0.25, 0.3) is 0 Å². The van der Waals surface area contributed by atoms with Crippen molar-refractivity contribution in [1.29, 1.82) is 0 Å². The number of ether oxygens (including phenoxy) is 1. The predicted octanol–water partition coefficient (Wildman–Crippen LogP) is 2.02. The number of carbonyl (C=O) groups excluding carboxylic acids is 3. The molecule has 1 fully saturated rings. The normalized spacial score (nSPS) is 14.8. The summed E-state index contributed by atoms with van der Waals surface area (Å²) in [7, 11) is 0. The fourth-order valence-corrected chi connectivity index (χ4v) is 2.60. The number of halogens is 1. The van der Waals surface area contributed by atoms with Gasteiger partial charge in [0.25, 0.3) is 0 Å². The summed E-state index contributed by atoms with van der Waals surface area (Å²) in [6, 6.07) is 6.53. The lowest BCUT2D eigenvalue weighted by atomic mass is 10.1. The maximum atomic E-state index is 12.0. The monoisotopic (exact) mass is 353 g/mol. The molecule has 1 saturated heterocycles. The zero-order chi connectivity index (χ0) is 17.5. The van der Waals surface area contributed by atoms with E-state index >= 15 is 0 Å². The molecule has 2 N–H and O–H groups in total. The van der Waals surface area contributed by atoms with E-state index in [-0.39, 0.29) is 12.1 Å². The Morgan fingerprint density at radius 3 is 2.50 bits per heavy atom. The van der Waals surface area contributed by atoms with Crippen LogP contribution in [0, 0.1) is 0 Å². The number of nitrogens with zero attached hydrogens (tertiary/aromatic N) is 1. The van der Waals surface area contributed by atoms with Gasteiger partial charge >= 0.3 is 17.9 Å². The van der Waals surface area contributed by atoms with Gasteiger partial charge in [-0.15, -0.1) is 0 Å². The van der Waals surface area contributed by atoms with Crippen LogP contribution in [0.2, 0.25) is 5.02 Å². The van der Waals surface area contributed by atoms with E-state index in [1.807, 2.05) is 0 Å². The first kappa shape index (κ1) is 18.1. The number of nitrogens with one attached hydrogen (secondary N) is 2. The third kappa shape index (κ3) is 4.86. The number of hydrogen-bond acceptors (Lipinski definition) is 4. The first-order valence-corrected chi connectivity index (χ1v) is 8.17. The minimum Gasteiger partial charge on any atom is -0.450 e. The topological polar surface area (TPSA) is 87.7 Å². The lowest BCUT2D eigenvalue weighted by Gasteiger charge is -2.31. The van der Waals surface area contributed by atoms with Crippen LogP contribution in [-0.2, 0) is 14.3 Å². The van der Waals surface area contributed by atoms with Crippen LogP contribution >= 0.6 is 11.6 Å². The molecule has 0 aliphatic carbocycles. The Morgan fingerprint density at radius 2 is 1.88 bits per heavy atom. The van der Waals surface area contributed by atoms with E-state index in [4.69, 9.17) is 16.3 Å². The van der Waals surface area contributed by atoms with Crippen LogP contribution in [0.1, 0.15) is 19.8 Å². The van der Waals surface area contributed by atoms with Crippen LogP contribution in [0.5, 0.6) is 0 Å². The Labute approximate surface area is 145 Å². The van der Waals surface area contributed by atoms with Crippen LogP contribution in [0.3, 0.4) is 0 Å². The molecule has 3 amide bonds. The third-order valence-corrected chi connectivity index (χ3v) is 4.01. The summed E-state index contributed by atoms with van der Waals surface area (Å²) in [4.78, 5) is 37.1. The van der Waals surface area contributed by atoms with Crippen molar-refractivity contribution < 1.29 is 19.1 Å². The number of rotatable bonds is 3. The molecule has 24 heavy (non-hydrogen) atoms. The number of amides is 3. The van der Waals surface area contributed by atoms with Gasteiger partial charge in [-0.25, -0.2) is 4.79 Å². The van der Waals surface area contributed by atoms with Gasteiger partial charge < -0.3 is 20.3 Å². The zero-order valence-electron chi connectivity index (χ0n) is 13.4. The minimum atomic E-state index is -0.768. The summed E-state index contributed by atoms with van der Waals surface area (Å²) < 4.78 is 4.94. The predicted molar refractivity (Wildman–Crippen MR) is 89.8 cm³/mol. The smallest absolute Gasteiger partial charge is 0.409 e. The summed E-state index contributed by atoms with van der Waals surface area (Å²) in [5.41, 5.74) is 0.386. The van der Waals surface area contributed by atoms with E-state index in [0.29, 0.717) is 43.2 Å². The van der Waals surface area contributed by atoms with Crippen LogP contribution in [0.15, 0.2) is 24.3 Å². The van der Waals surface area contributed by atoms with Crippen molar-refractivity contribution in [2.24, 2.45) is 0 Å². The van der Waals surface area contributed by atoms with Gasteiger partial charge in [-0.3, -0.25) is 9.59 Å². The van der Waals surface area contributed by atoms with Gasteiger partial charge in [-0.1, -0.05) is 23.7 Å². The van der Waals surface area contributed by atoms with Crippen LogP contribution in [-0.4, -0.2) is 48.5 Å². The van der Waals surface area contributed by atoms with Crippen molar-refractivity contribution in [3.63, 3.8) is 0 Å². The second-order valence-corrected chi connectivity index (χ2v) is 5.77. The third-order valence-electron chi connectivity index (χ3n) is 3.68. The quantitative estimate of drug-likeness (QED) is 0.814. The first-order valence-electron chi connectivity index (χ1n) is 7.79. The maximum absolute atomic E-state index is 12.0. The molecule has 8 heteroatoms. The lowest BCUT2D eigenvalue weighted by molar-refractivity contribution is -0.136. The van der Waals surface area contributed by atoms with Gasteiger partial charge in [-0.2, -0.15) is 0 Å². The first-order chi connectivity index (χ1) is 11.5. The summed E-state index contributed by atoms with van der Waals surface area (Å²) in [5, 5.41) is 5.52. The van der Waals surface area contributed by atoms with E-state index in [1.165, 1.54) is 0 Å². The average Bonchev–Trinajstić information content (AvgIpc) is 2.57. The second kappa shape index (κ2) is 8.54. The Morgan fingerprint density at radius 1 is 1.21 bits per heavy atom. The highest BCUT2D eigenvalue weighted by atomic mass is 35.5. The van der Waals surface area contributed by atoms with Crippen molar-refractivity contribution in [3.8, 4) is 0 Å². The number of para-hydroxylation sites is 1.